The minimum absolute atomic E-state index is 0.00351. The first-order valence-electron chi connectivity index (χ1n) is 8.45. The Morgan fingerprint density at radius 1 is 1.12 bits per heavy atom. The molecule has 0 saturated heterocycles. The van der Waals surface area contributed by atoms with Gasteiger partial charge in [0, 0.05) is 0 Å². The van der Waals surface area contributed by atoms with E-state index in [1.165, 1.54) is 12.1 Å². The Labute approximate surface area is 144 Å². The highest BCUT2D eigenvalue weighted by atomic mass is 19.1. The van der Waals surface area contributed by atoms with Gasteiger partial charge in [-0.2, -0.15) is 0 Å². The van der Waals surface area contributed by atoms with Crippen LogP contribution in [0.4, 0.5) is 4.39 Å². The molecular weight excluding hydrogens is 321 g/mol. The number of carbonyl (C=O) groups excluding carboxylic acids is 1. The number of hydrogen-bond acceptors (Lipinski definition) is 4. The van der Waals surface area contributed by atoms with Crippen LogP contribution in [0.25, 0.3) is 11.1 Å². The minimum atomic E-state index is -0.695. The lowest BCUT2D eigenvalue weighted by atomic mass is 9.79. The molecule has 5 heteroatoms. The monoisotopic (exact) mass is 339 g/mol. The van der Waals surface area contributed by atoms with E-state index in [4.69, 9.17) is 9.15 Å². The van der Waals surface area contributed by atoms with Crippen LogP contribution in [0.15, 0.2) is 52.9 Å². The third-order valence-electron chi connectivity index (χ3n) is 4.91. The van der Waals surface area contributed by atoms with Crippen molar-refractivity contribution in [2.24, 2.45) is 0 Å². The second-order valence-corrected chi connectivity index (χ2v) is 6.45. The number of halogens is 1. The Morgan fingerprint density at radius 2 is 1.84 bits per heavy atom. The van der Waals surface area contributed by atoms with Gasteiger partial charge in [-0.25, -0.2) is 9.37 Å². The number of para-hydroxylation sites is 2. The Morgan fingerprint density at radius 3 is 2.56 bits per heavy atom. The zero-order chi connectivity index (χ0) is 17.3. The normalized spacial score (nSPS) is 16.2. The van der Waals surface area contributed by atoms with Crippen molar-refractivity contribution in [1.82, 2.24) is 4.98 Å². The smallest absolute Gasteiger partial charge is 0.317 e. The fourth-order valence-corrected chi connectivity index (χ4v) is 3.61. The summed E-state index contributed by atoms with van der Waals surface area (Å²) in [6, 6.07) is 13.6. The van der Waals surface area contributed by atoms with Crippen molar-refractivity contribution in [3.8, 4) is 0 Å². The van der Waals surface area contributed by atoms with Gasteiger partial charge < -0.3 is 9.15 Å². The maximum Gasteiger partial charge on any atom is 0.317 e. The van der Waals surface area contributed by atoms with Gasteiger partial charge >= 0.3 is 5.97 Å². The second kappa shape index (κ2) is 6.31. The highest BCUT2D eigenvalue weighted by molar-refractivity contribution is 5.83. The summed E-state index contributed by atoms with van der Waals surface area (Å²) in [5.41, 5.74) is 1.53. The van der Waals surface area contributed by atoms with Crippen molar-refractivity contribution in [1.29, 1.82) is 0 Å². The lowest BCUT2D eigenvalue weighted by Crippen LogP contribution is -2.34. The average Bonchev–Trinajstić information content (AvgIpc) is 3.27. The third-order valence-corrected chi connectivity index (χ3v) is 4.91. The number of fused-ring (bicyclic) bond motifs is 1. The Kier molecular flexibility index (Phi) is 3.99. The third kappa shape index (κ3) is 2.90. The Bertz CT molecular complexity index is 862. The van der Waals surface area contributed by atoms with E-state index >= 15 is 0 Å². The van der Waals surface area contributed by atoms with Crippen molar-refractivity contribution < 1.29 is 18.3 Å². The molecule has 0 aliphatic heterocycles. The maximum atomic E-state index is 13.2. The van der Waals surface area contributed by atoms with E-state index in [1.807, 2.05) is 24.3 Å². The van der Waals surface area contributed by atoms with Gasteiger partial charge in [0.25, 0.3) is 0 Å². The van der Waals surface area contributed by atoms with E-state index in [1.54, 1.807) is 12.1 Å². The molecule has 3 aromatic rings. The molecule has 0 N–H and O–H groups in total. The summed E-state index contributed by atoms with van der Waals surface area (Å²) in [5, 5.41) is 0. The largest absolute Gasteiger partial charge is 0.455 e. The van der Waals surface area contributed by atoms with Gasteiger partial charge in [-0.05, 0) is 42.7 Å². The predicted molar refractivity (Wildman–Crippen MR) is 90.4 cm³/mol. The fraction of sp³-hybridized carbons (Fsp3) is 0.300. The number of carbonyl (C=O) groups is 1. The molecule has 0 atom stereocenters. The highest BCUT2D eigenvalue weighted by Gasteiger charge is 2.44. The van der Waals surface area contributed by atoms with Crippen LogP contribution in [0, 0.1) is 5.82 Å². The van der Waals surface area contributed by atoms with Gasteiger partial charge in [-0.1, -0.05) is 37.1 Å². The van der Waals surface area contributed by atoms with E-state index < -0.39 is 5.41 Å². The molecular formula is C20H18FNO3. The Balaban J connectivity index is 1.54. The summed E-state index contributed by atoms with van der Waals surface area (Å²) in [4.78, 5) is 17.2. The molecule has 1 aromatic heterocycles. The molecule has 0 unspecified atom stereocenters. The van der Waals surface area contributed by atoms with Gasteiger partial charge in [0.2, 0.25) is 5.89 Å². The van der Waals surface area contributed by atoms with Crippen LogP contribution in [-0.4, -0.2) is 11.0 Å². The first-order valence-corrected chi connectivity index (χ1v) is 8.45. The molecule has 0 radical (unpaired) electrons. The quantitative estimate of drug-likeness (QED) is 0.656. The zero-order valence-electron chi connectivity index (χ0n) is 13.7. The van der Waals surface area contributed by atoms with Crippen LogP contribution in [0.1, 0.15) is 37.1 Å². The van der Waals surface area contributed by atoms with Gasteiger partial charge in [0.05, 0.1) is 5.41 Å². The van der Waals surface area contributed by atoms with E-state index in [0.29, 0.717) is 24.3 Å². The minimum Gasteiger partial charge on any atom is -0.455 e. The van der Waals surface area contributed by atoms with Gasteiger partial charge in [-0.3, -0.25) is 4.79 Å². The molecule has 1 fully saturated rings. The fourth-order valence-electron chi connectivity index (χ4n) is 3.61. The van der Waals surface area contributed by atoms with E-state index in [2.05, 4.69) is 4.98 Å². The van der Waals surface area contributed by atoms with E-state index in [9.17, 15) is 9.18 Å². The van der Waals surface area contributed by atoms with Crippen LogP contribution < -0.4 is 0 Å². The van der Waals surface area contributed by atoms with Crippen LogP contribution in [-0.2, 0) is 21.6 Å². The summed E-state index contributed by atoms with van der Waals surface area (Å²) >= 11 is 0. The van der Waals surface area contributed by atoms with Crippen molar-refractivity contribution in [2.75, 3.05) is 0 Å². The number of nitrogens with zero attached hydrogens (tertiary/aromatic N) is 1. The Hall–Kier alpha value is -2.69. The maximum absolute atomic E-state index is 13.2. The second-order valence-electron chi connectivity index (χ2n) is 6.45. The van der Waals surface area contributed by atoms with E-state index in [0.717, 1.165) is 23.9 Å². The first kappa shape index (κ1) is 15.8. The molecule has 1 saturated carbocycles. The van der Waals surface area contributed by atoms with Crippen LogP contribution >= 0.6 is 0 Å². The van der Waals surface area contributed by atoms with Crippen molar-refractivity contribution in [3.05, 3.63) is 65.8 Å². The summed E-state index contributed by atoms with van der Waals surface area (Å²) in [7, 11) is 0. The van der Waals surface area contributed by atoms with Gasteiger partial charge in [0.1, 0.15) is 11.3 Å². The van der Waals surface area contributed by atoms with Crippen molar-refractivity contribution in [2.45, 2.75) is 37.7 Å². The SMILES string of the molecule is O=C(OCc1nc2ccccc2o1)C1(c2ccc(F)cc2)CCCC1. The summed E-state index contributed by atoms with van der Waals surface area (Å²) in [5.74, 6) is -0.225. The molecule has 0 spiro atoms. The van der Waals surface area contributed by atoms with Crippen molar-refractivity contribution in [3.63, 3.8) is 0 Å². The molecule has 1 aliphatic rings. The van der Waals surface area contributed by atoms with Crippen LogP contribution in [0.3, 0.4) is 0 Å². The molecule has 2 aromatic carbocycles. The summed E-state index contributed by atoms with van der Waals surface area (Å²) < 4.78 is 24.4. The average molecular weight is 339 g/mol. The summed E-state index contributed by atoms with van der Waals surface area (Å²) in [6.45, 7) is -0.00351. The number of rotatable bonds is 4. The lowest BCUT2D eigenvalue weighted by Gasteiger charge is -2.26. The lowest BCUT2D eigenvalue weighted by molar-refractivity contribution is -0.152. The summed E-state index contributed by atoms with van der Waals surface area (Å²) in [6.07, 6.45) is 3.33. The topological polar surface area (TPSA) is 52.3 Å². The molecule has 4 rings (SSSR count). The van der Waals surface area contributed by atoms with Gasteiger partial charge in [-0.15, -0.1) is 0 Å². The number of ether oxygens (including phenoxy) is 1. The number of hydrogen-bond donors (Lipinski definition) is 0. The molecule has 4 nitrogen and oxygen atoms in total. The first-order chi connectivity index (χ1) is 12.2. The standard InChI is InChI=1S/C20H18FNO3/c21-15-9-7-14(8-10-15)20(11-3-4-12-20)19(23)24-13-18-22-16-5-1-2-6-17(16)25-18/h1-2,5-10H,3-4,11-13H2. The van der Waals surface area contributed by atoms with E-state index in [-0.39, 0.29) is 18.4 Å². The molecule has 1 heterocycles. The predicted octanol–water partition coefficient (Wildman–Crippen LogP) is 4.52. The van der Waals surface area contributed by atoms with Crippen molar-refractivity contribution >= 4 is 17.1 Å². The molecule has 1 aliphatic carbocycles. The highest BCUT2D eigenvalue weighted by Crippen LogP contribution is 2.42. The van der Waals surface area contributed by atoms with Crippen LogP contribution in [0.2, 0.25) is 0 Å². The molecule has 0 amide bonds. The molecule has 128 valence electrons. The van der Waals surface area contributed by atoms with Crippen LogP contribution in [0.5, 0.6) is 0 Å². The number of esters is 1. The molecule has 0 bridgehead atoms. The number of oxazole rings is 1. The molecule has 25 heavy (non-hydrogen) atoms. The van der Waals surface area contributed by atoms with Gasteiger partial charge in [0.15, 0.2) is 12.2 Å². The number of benzene rings is 2. The number of aromatic nitrogens is 1. The zero-order valence-corrected chi connectivity index (χ0v) is 13.7.